The van der Waals surface area contributed by atoms with Gasteiger partial charge in [-0.15, -0.1) is 0 Å². The van der Waals surface area contributed by atoms with Crippen LogP contribution in [-0.2, 0) is 11.4 Å². The van der Waals surface area contributed by atoms with E-state index >= 15 is 0 Å². The third-order valence-corrected chi connectivity index (χ3v) is 5.61. The molecule has 1 aliphatic rings. The molecular formula is C17H16ClF4N3OS. The molecule has 0 radical (unpaired) electrons. The average molecular weight is 422 g/mol. The Kier molecular flexibility index (Phi) is 6.21. The number of halogens is 5. The summed E-state index contributed by atoms with van der Waals surface area (Å²) in [5.74, 6) is -1.71. The van der Waals surface area contributed by atoms with Gasteiger partial charge in [-0.3, -0.25) is 0 Å². The van der Waals surface area contributed by atoms with Crippen LogP contribution in [0.5, 0.6) is 0 Å². The third kappa shape index (κ3) is 5.10. The van der Waals surface area contributed by atoms with Crippen LogP contribution in [0.25, 0.3) is 0 Å². The summed E-state index contributed by atoms with van der Waals surface area (Å²) in [4.78, 5) is 11.8. The molecule has 146 valence electrons. The van der Waals surface area contributed by atoms with Crippen LogP contribution < -0.4 is 4.90 Å². The number of hydrogen-bond acceptors (Lipinski definition) is 5. The van der Waals surface area contributed by atoms with E-state index in [1.165, 1.54) is 29.7 Å². The van der Waals surface area contributed by atoms with E-state index in [9.17, 15) is 17.6 Å². The van der Waals surface area contributed by atoms with Crippen LogP contribution in [0.1, 0.15) is 23.3 Å². The Bertz CT molecular complexity index is 783. The van der Waals surface area contributed by atoms with Crippen molar-refractivity contribution in [2.75, 3.05) is 18.0 Å². The number of benzene rings is 1. The second-order valence-electron chi connectivity index (χ2n) is 6.06. The Morgan fingerprint density at radius 3 is 2.74 bits per heavy atom. The van der Waals surface area contributed by atoms with Gasteiger partial charge >= 0.3 is 6.18 Å². The maximum Gasteiger partial charge on any atom is 0.391 e. The third-order valence-electron chi connectivity index (χ3n) is 4.26. The first-order valence-corrected chi connectivity index (χ1v) is 9.40. The number of oxime groups is 1. The highest BCUT2D eigenvalue weighted by molar-refractivity contribution is 7.17. The lowest BCUT2D eigenvalue weighted by Crippen LogP contribution is -2.38. The first-order valence-electron chi connectivity index (χ1n) is 8.20. The molecule has 27 heavy (non-hydrogen) atoms. The van der Waals surface area contributed by atoms with Crippen molar-refractivity contribution in [2.24, 2.45) is 11.1 Å². The number of anilines is 1. The summed E-state index contributed by atoms with van der Waals surface area (Å²) in [6.45, 7) is 0.520. The lowest BCUT2D eigenvalue weighted by molar-refractivity contribution is -0.179. The van der Waals surface area contributed by atoms with Crippen LogP contribution in [0, 0.1) is 11.7 Å². The number of aromatic nitrogens is 1. The van der Waals surface area contributed by atoms with E-state index in [4.69, 9.17) is 16.4 Å². The Morgan fingerprint density at radius 1 is 1.33 bits per heavy atom. The molecule has 2 aromatic rings. The second-order valence-corrected chi connectivity index (χ2v) is 7.50. The van der Waals surface area contributed by atoms with Gasteiger partial charge in [-0.1, -0.05) is 34.2 Å². The van der Waals surface area contributed by atoms with E-state index in [0.717, 1.165) is 0 Å². The molecule has 0 spiro atoms. The van der Waals surface area contributed by atoms with E-state index in [0.29, 0.717) is 23.1 Å². The fourth-order valence-electron chi connectivity index (χ4n) is 2.74. The molecule has 0 saturated carbocycles. The van der Waals surface area contributed by atoms with Crippen molar-refractivity contribution in [1.82, 2.24) is 4.98 Å². The van der Waals surface area contributed by atoms with Crippen molar-refractivity contribution in [3.63, 3.8) is 0 Å². The van der Waals surface area contributed by atoms with Crippen LogP contribution in [0.15, 0.2) is 29.6 Å². The smallest absolute Gasteiger partial charge is 0.391 e. The van der Waals surface area contributed by atoms with E-state index in [1.807, 2.05) is 4.90 Å². The zero-order valence-electron chi connectivity index (χ0n) is 14.0. The minimum absolute atomic E-state index is 0.0685. The van der Waals surface area contributed by atoms with Crippen molar-refractivity contribution in [3.8, 4) is 0 Å². The molecular weight excluding hydrogens is 406 g/mol. The highest BCUT2D eigenvalue weighted by atomic mass is 35.5. The predicted molar refractivity (Wildman–Crippen MR) is 96.9 cm³/mol. The van der Waals surface area contributed by atoms with Crippen molar-refractivity contribution in [3.05, 3.63) is 45.7 Å². The lowest BCUT2D eigenvalue weighted by atomic mass is 9.97. The monoisotopic (exact) mass is 421 g/mol. The van der Waals surface area contributed by atoms with E-state index in [2.05, 4.69) is 10.1 Å². The van der Waals surface area contributed by atoms with Crippen molar-refractivity contribution in [1.29, 1.82) is 0 Å². The minimum Gasteiger partial charge on any atom is -0.391 e. The van der Waals surface area contributed by atoms with E-state index in [1.54, 1.807) is 12.3 Å². The number of thiazole rings is 1. The van der Waals surface area contributed by atoms with E-state index in [-0.39, 0.29) is 30.0 Å². The number of rotatable bonds is 5. The van der Waals surface area contributed by atoms with Gasteiger partial charge in [0.05, 0.1) is 22.0 Å². The van der Waals surface area contributed by atoms with Crippen molar-refractivity contribution < 1.29 is 22.4 Å². The first-order chi connectivity index (χ1) is 12.8. The number of hydrogen-bond donors (Lipinski definition) is 0. The zero-order valence-corrected chi connectivity index (χ0v) is 15.6. The molecule has 1 aliphatic heterocycles. The quantitative estimate of drug-likeness (QED) is 0.375. The molecule has 4 nitrogen and oxygen atoms in total. The fraction of sp³-hybridized carbons (Fsp3) is 0.412. The zero-order chi connectivity index (χ0) is 19.4. The van der Waals surface area contributed by atoms with Gasteiger partial charge in [-0.25, -0.2) is 9.37 Å². The summed E-state index contributed by atoms with van der Waals surface area (Å²) >= 11 is 7.20. The summed E-state index contributed by atoms with van der Waals surface area (Å²) in [5.41, 5.74) is 0.217. The summed E-state index contributed by atoms with van der Waals surface area (Å²) in [6.07, 6.45) is -1.000. The van der Waals surface area contributed by atoms with Gasteiger partial charge in [-0.2, -0.15) is 13.2 Å². The van der Waals surface area contributed by atoms with Gasteiger partial charge < -0.3 is 9.74 Å². The molecule has 1 fully saturated rings. The summed E-state index contributed by atoms with van der Waals surface area (Å²) in [5, 5.41) is 4.68. The standard InChI is InChI=1S/C17H16ClF4N3OS/c18-14-2-1-3-15(19)13(14)10-26-24-9-12-8-23-16(27-12)25-6-4-11(5-7-25)17(20,21)22/h1-3,8-9,11H,4-7,10H2. The minimum atomic E-state index is -4.13. The molecule has 0 amide bonds. The molecule has 1 aromatic carbocycles. The van der Waals surface area contributed by atoms with Gasteiger partial charge in [-0.05, 0) is 25.0 Å². The Hall–Kier alpha value is -1.87. The van der Waals surface area contributed by atoms with Gasteiger partial charge in [0.2, 0.25) is 0 Å². The molecule has 10 heteroatoms. The molecule has 1 saturated heterocycles. The van der Waals surface area contributed by atoms with Crippen LogP contribution in [-0.4, -0.2) is 30.5 Å². The molecule has 0 bridgehead atoms. The van der Waals surface area contributed by atoms with Gasteiger partial charge in [0.25, 0.3) is 0 Å². The molecule has 0 aliphatic carbocycles. The molecule has 2 heterocycles. The topological polar surface area (TPSA) is 37.7 Å². The molecule has 0 atom stereocenters. The Balaban J connectivity index is 1.52. The highest BCUT2D eigenvalue weighted by Gasteiger charge is 2.41. The Morgan fingerprint density at radius 2 is 2.07 bits per heavy atom. The molecule has 0 N–H and O–H groups in total. The maximum atomic E-state index is 13.6. The summed E-state index contributed by atoms with van der Waals surface area (Å²) < 4.78 is 51.8. The van der Waals surface area contributed by atoms with Crippen LogP contribution in [0.3, 0.4) is 0 Å². The lowest BCUT2D eigenvalue weighted by Gasteiger charge is -2.32. The largest absolute Gasteiger partial charge is 0.391 e. The summed E-state index contributed by atoms with van der Waals surface area (Å²) in [6, 6.07) is 4.34. The normalized spacial score (nSPS) is 16.3. The second kappa shape index (κ2) is 8.43. The predicted octanol–water partition coefficient (Wildman–Crippen LogP) is 5.27. The molecule has 0 unspecified atom stereocenters. The Labute approximate surface area is 162 Å². The highest BCUT2D eigenvalue weighted by Crippen LogP contribution is 2.36. The fourth-order valence-corrected chi connectivity index (χ4v) is 3.79. The number of alkyl halides is 3. The van der Waals surface area contributed by atoms with E-state index < -0.39 is 17.9 Å². The number of nitrogens with zero attached hydrogens (tertiary/aromatic N) is 3. The molecule has 1 aromatic heterocycles. The first kappa shape index (κ1) is 19.9. The van der Waals surface area contributed by atoms with Crippen molar-refractivity contribution >= 4 is 34.3 Å². The van der Waals surface area contributed by atoms with Crippen LogP contribution >= 0.6 is 22.9 Å². The maximum absolute atomic E-state index is 13.6. The average Bonchev–Trinajstić information content (AvgIpc) is 3.09. The molecule has 3 rings (SSSR count). The van der Waals surface area contributed by atoms with Gasteiger partial charge in [0.1, 0.15) is 12.4 Å². The van der Waals surface area contributed by atoms with Gasteiger partial charge in [0, 0.05) is 24.8 Å². The summed E-state index contributed by atoms with van der Waals surface area (Å²) in [7, 11) is 0. The number of piperidine rings is 1. The van der Waals surface area contributed by atoms with Gasteiger partial charge in [0.15, 0.2) is 5.13 Å². The van der Waals surface area contributed by atoms with Crippen LogP contribution in [0.4, 0.5) is 22.7 Å². The van der Waals surface area contributed by atoms with Crippen LogP contribution in [0.2, 0.25) is 5.02 Å². The SMILES string of the molecule is Fc1cccc(Cl)c1CON=Cc1cnc(N2CCC(C(F)(F)F)CC2)s1. The van der Waals surface area contributed by atoms with Crippen molar-refractivity contribution in [2.45, 2.75) is 25.6 Å².